The first-order chi connectivity index (χ1) is 16.1. The summed E-state index contributed by atoms with van der Waals surface area (Å²) in [5.74, 6) is 1.99. The summed E-state index contributed by atoms with van der Waals surface area (Å²) in [6.07, 6.45) is 2.58. The fourth-order valence-electron chi connectivity index (χ4n) is 3.56. The van der Waals surface area contributed by atoms with Gasteiger partial charge in [-0.3, -0.25) is 4.98 Å². The molecule has 0 bridgehead atoms. The molecule has 4 aromatic rings. The number of hydrogen-bond donors (Lipinski definition) is 1. The Labute approximate surface area is 197 Å². The Bertz CT molecular complexity index is 1310. The highest BCUT2D eigenvalue weighted by molar-refractivity contribution is 6.32. The lowest BCUT2D eigenvalue weighted by atomic mass is 10.1. The number of pyridine rings is 1. The first-order valence-corrected chi connectivity index (χ1v) is 10.8. The molecule has 0 aliphatic heterocycles. The molecule has 7 nitrogen and oxygen atoms in total. The average molecular weight is 459 g/mol. The van der Waals surface area contributed by atoms with Crippen LogP contribution < -0.4 is 15.0 Å². The first-order valence-electron chi connectivity index (χ1n) is 10.5. The second-order valence-corrected chi connectivity index (χ2v) is 7.97. The Hall–Kier alpha value is -3.89. The van der Waals surface area contributed by atoms with E-state index < -0.39 is 0 Å². The highest BCUT2D eigenvalue weighted by Gasteiger charge is 2.14. The molecule has 2 aromatic carbocycles. The van der Waals surface area contributed by atoms with Gasteiger partial charge >= 0.3 is 0 Å². The van der Waals surface area contributed by atoms with Crippen LogP contribution in [0.2, 0.25) is 5.02 Å². The maximum absolute atomic E-state index is 9.41. The third kappa shape index (κ3) is 5.13. The van der Waals surface area contributed by atoms with Crippen molar-refractivity contribution >= 4 is 34.0 Å². The number of rotatable bonds is 8. The predicted molar refractivity (Wildman–Crippen MR) is 131 cm³/mol. The number of nitrogens with one attached hydrogen (secondary N) is 1. The number of aromatic nitrogens is 3. The van der Waals surface area contributed by atoms with Crippen LogP contribution in [0.25, 0.3) is 10.8 Å². The van der Waals surface area contributed by atoms with Crippen LogP contribution in [0.3, 0.4) is 0 Å². The van der Waals surface area contributed by atoms with E-state index in [2.05, 4.69) is 31.5 Å². The Morgan fingerprint density at radius 1 is 1.09 bits per heavy atom. The third-order valence-electron chi connectivity index (χ3n) is 5.36. The molecular weight excluding hydrogens is 436 g/mol. The van der Waals surface area contributed by atoms with Gasteiger partial charge in [0.1, 0.15) is 5.75 Å². The van der Waals surface area contributed by atoms with Crippen LogP contribution >= 0.6 is 11.6 Å². The number of nitriles is 1. The van der Waals surface area contributed by atoms with Crippen LogP contribution in [0.1, 0.15) is 16.8 Å². The van der Waals surface area contributed by atoms with E-state index in [4.69, 9.17) is 16.3 Å². The van der Waals surface area contributed by atoms with Crippen molar-refractivity contribution in [3.63, 3.8) is 0 Å². The second kappa shape index (κ2) is 10.2. The maximum atomic E-state index is 9.41. The zero-order valence-corrected chi connectivity index (χ0v) is 19.2. The molecule has 0 amide bonds. The van der Waals surface area contributed by atoms with E-state index in [1.54, 1.807) is 19.4 Å². The van der Waals surface area contributed by atoms with Crippen LogP contribution in [0, 0.1) is 11.3 Å². The summed E-state index contributed by atoms with van der Waals surface area (Å²) in [5, 5.41) is 24.0. The molecule has 0 aliphatic carbocycles. The molecule has 0 aliphatic rings. The minimum absolute atomic E-state index is 0.499. The summed E-state index contributed by atoms with van der Waals surface area (Å²) in [4.78, 5) is 6.45. The summed E-state index contributed by atoms with van der Waals surface area (Å²) in [7, 11) is 3.57. The van der Waals surface area contributed by atoms with Gasteiger partial charge < -0.3 is 15.0 Å². The van der Waals surface area contributed by atoms with Gasteiger partial charge in [0.05, 0.1) is 23.8 Å². The number of halogens is 1. The van der Waals surface area contributed by atoms with Crippen LogP contribution in [0.15, 0.2) is 60.8 Å². The van der Waals surface area contributed by atoms with Crippen molar-refractivity contribution in [2.24, 2.45) is 0 Å². The number of hydrogen-bond acceptors (Lipinski definition) is 7. The Morgan fingerprint density at radius 2 is 1.97 bits per heavy atom. The highest BCUT2D eigenvalue weighted by atomic mass is 35.5. The molecule has 4 rings (SSSR count). The lowest BCUT2D eigenvalue weighted by Crippen LogP contribution is -2.22. The van der Waals surface area contributed by atoms with Gasteiger partial charge in [0, 0.05) is 49.2 Å². The minimum atomic E-state index is 0.499. The molecule has 33 heavy (non-hydrogen) atoms. The third-order valence-corrected chi connectivity index (χ3v) is 5.65. The van der Waals surface area contributed by atoms with Crippen molar-refractivity contribution in [3.8, 4) is 11.8 Å². The van der Waals surface area contributed by atoms with Crippen molar-refractivity contribution in [1.29, 1.82) is 5.26 Å². The zero-order chi connectivity index (χ0) is 23.2. The largest absolute Gasteiger partial charge is 0.495 e. The van der Waals surface area contributed by atoms with E-state index in [1.165, 1.54) is 0 Å². The molecule has 8 heteroatoms. The van der Waals surface area contributed by atoms with Gasteiger partial charge in [0.15, 0.2) is 11.6 Å². The summed E-state index contributed by atoms with van der Waals surface area (Å²) in [6.45, 7) is 1.23. The summed E-state index contributed by atoms with van der Waals surface area (Å²) >= 11 is 6.25. The van der Waals surface area contributed by atoms with Gasteiger partial charge in [0.25, 0.3) is 0 Å². The Morgan fingerprint density at radius 3 is 2.70 bits per heavy atom. The molecule has 0 spiro atoms. The molecule has 2 heterocycles. The predicted octanol–water partition coefficient (Wildman–Crippen LogP) is 4.85. The van der Waals surface area contributed by atoms with E-state index >= 15 is 0 Å². The standard InChI is InChI=1S/C25H23ClN6O/c1-32(12-10-19-5-3-4-11-28-19)25-20-8-6-17(15-27)13-21(20)24(30-31-25)29-16-18-7-9-23(33-2)22(26)14-18/h3-9,11,13-14H,10,12,16H2,1-2H3,(H,29,30). The van der Waals surface area contributed by atoms with Gasteiger partial charge in [-0.25, -0.2) is 0 Å². The first kappa shape index (κ1) is 22.3. The van der Waals surface area contributed by atoms with Crippen LogP contribution in [-0.2, 0) is 13.0 Å². The van der Waals surface area contributed by atoms with E-state index in [0.717, 1.165) is 40.8 Å². The molecule has 0 unspecified atom stereocenters. The topological polar surface area (TPSA) is 87.0 Å². The van der Waals surface area contributed by atoms with Gasteiger partial charge in [-0.15, -0.1) is 10.2 Å². The minimum Gasteiger partial charge on any atom is -0.495 e. The van der Waals surface area contributed by atoms with Gasteiger partial charge in [0.2, 0.25) is 0 Å². The fraction of sp³-hybridized carbons (Fsp3) is 0.200. The average Bonchev–Trinajstić information content (AvgIpc) is 2.86. The lowest BCUT2D eigenvalue weighted by Gasteiger charge is -2.20. The number of methoxy groups -OCH3 is 1. The molecule has 0 saturated heterocycles. The molecule has 0 atom stereocenters. The van der Waals surface area contributed by atoms with Crippen LogP contribution in [-0.4, -0.2) is 35.9 Å². The molecule has 2 aromatic heterocycles. The summed E-state index contributed by atoms with van der Waals surface area (Å²) in [5.41, 5.74) is 2.56. The van der Waals surface area contributed by atoms with Crippen molar-refractivity contribution in [3.05, 3.63) is 82.6 Å². The van der Waals surface area contributed by atoms with E-state index in [1.807, 2.05) is 55.6 Å². The summed E-state index contributed by atoms with van der Waals surface area (Å²) in [6, 6.07) is 19.3. The Kier molecular flexibility index (Phi) is 6.86. The van der Waals surface area contributed by atoms with E-state index in [0.29, 0.717) is 28.7 Å². The SMILES string of the molecule is COc1ccc(CNc2nnc(N(C)CCc3ccccn3)c3ccc(C#N)cc23)cc1Cl. The van der Waals surface area contributed by atoms with Gasteiger partial charge in [-0.05, 0) is 48.0 Å². The highest BCUT2D eigenvalue weighted by Crippen LogP contribution is 2.30. The molecule has 0 radical (unpaired) electrons. The van der Waals surface area contributed by atoms with Gasteiger partial charge in [-0.1, -0.05) is 23.7 Å². The summed E-state index contributed by atoms with van der Waals surface area (Å²) < 4.78 is 5.22. The van der Waals surface area contributed by atoms with Crippen LogP contribution in [0.5, 0.6) is 5.75 Å². The number of ether oxygens (including phenoxy) is 1. The maximum Gasteiger partial charge on any atom is 0.159 e. The second-order valence-electron chi connectivity index (χ2n) is 7.56. The molecule has 0 saturated carbocycles. The van der Waals surface area contributed by atoms with Crippen molar-refractivity contribution in [1.82, 2.24) is 15.2 Å². The van der Waals surface area contributed by atoms with Crippen molar-refractivity contribution in [2.45, 2.75) is 13.0 Å². The zero-order valence-electron chi connectivity index (χ0n) is 18.4. The van der Waals surface area contributed by atoms with Gasteiger partial charge in [-0.2, -0.15) is 5.26 Å². The molecule has 166 valence electrons. The van der Waals surface area contributed by atoms with E-state index in [-0.39, 0.29) is 0 Å². The molecule has 1 N–H and O–H groups in total. The number of fused-ring (bicyclic) bond motifs is 1. The van der Waals surface area contributed by atoms with Crippen LogP contribution in [0.4, 0.5) is 11.6 Å². The quantitative estimate of drug-likeness (QED) is 0.403. The number of anilines is 2. The normalized spacial score (nSPS) is 10.6. The lowest BCUT2D eigenvalue weighted by molar-refractivity contribution is 0.415. The van der Waals surface area contributed by atoms with Crippen molar-refractivity contribution in [2.75, 3.05) is 30.9 Å². The van der Waals surface area contributed by atoms with Crippen molar-refractivity contribution < 1.29 is 4.74 Å². The smallest absolute Gasteiger partial charge is 0.159 e. The van der Waals surface area contributed by atoms with E-state index in [9.17, 15) is 5.26 Å². The molecular formula is C25H23ClN6O. The number of benzene rings is 2. The fourth-order valence-corrected chi connectivity index (χ4v) is 3.84. The number of likely N-dealkylation sites (N-methyl/N-ethyl adjacent to an activating group) is 1. The number of nitrogens with zero attached hydrogens (tertiary/aromatic N) is 5. The monoisotopic (exact) mass is 458 g/mol. The molecule has 0 fully saturated rings. The Balaban J connectivity index is 1.60.